The lowest BCUT2D eigenvalue weighted by atomic mass is 9.90. The second kappa shape index (κ2) is 8.47. The Bertz CT molecular complexity index is 920. The van der Waals surface area contributed by atoms with E-state index in [1.165, 1.54) is 0 Å². The van der Waals surface area contributed by atoms with Gasteiger partial charge in [-0.05, 0) is 41.8 Å². The Hall–Kier alpha value is -1.65. The third-order valence-corrected chi connectivity index (χ3v) is 6.25. The van der Waals surface area contributed by atoms with Gasteiger partial charge in [-0.1, -0.05) is 29.3 Å². The topological polar surface area (TPSA) is 109 Å². The summed E-state index contributed by atoms with van der Waals surface area (Å²) in [5, 5.41) is 47.5. The van der Waals surface area contributed by atoms with Crippen LogP contribution in [0.3, 0.4) is 0 Å². The summed E-state index contributed by atoms with van der Waals surface area (Å²) in [6.45, 7) is 2.35. The molecule has 0 bridgehead atoms. The Morgan fingerprint density at radius 2 is 1.93 bits per heavy atom. The number of benzene rings is 1. The summed E-state index contributed by atoms with van der Waals surface area (Å²) in [7, 11) is 0. The largest absolute Gasteiger partial charge is 0.394 e. The van der Waals surface area contributed by atoms with Gasteiger partial charge < -0.3 is 30.1 Å². The minimum Gasteiger partial charge on any atom is -0.394 e. The average Bonchev–Trinajstić information content (AvgIpc) is 3.09. The number of ether oxygens (including phenoxy) is 1. The SMILES string of the molecule is CC1=CC2=NN(Cc3cc([C@@H]4O[C@H](CO)[C@@H](O)[C@H](O)[C@H]4O)ccc3Cl)CN2C=C1Cl. The molecule has 5 atom stereocenters. The van der Waals surface area contributed by atoms with Crippen LogP contribution >= 0.6 is 23.2 Å². The highest BCUT2D eigenvalue weighted by Crippen LogP contribution is 2.34. The Labute approximate surface area is 183 Å². The van der Waals surface area contributed by atoms with Crippen LogP contribution in [0.25, 0.3) is 0 Å². The Kier molecular flexibility index (Phi) is 6.09. The third kappa shape index (κ3) is 3.97. The highest BCUT2D eigenvalue weighted by Gasteiger charge is 2.44. The molecule has 1 aromatic rings. The molecule has 1 saturated heterocycles. The number of fused-ring (bicyclic) bond motifs is 1. The maximum Gasteiger partial charge on any atom is 0.154 e. The zero-order valence-electron chi connectivity index (χ0n) is 16.2. The summed E-state index contributed by atoms with van der Waals surface area (Å²) >= 11 is 12.6. The van der Waals surface area contributed by atoms with Gasteiger partial charge in [-0.3, -0.25) is 5.01 Å². The molecule has 10 heteroatoms. The van der Waals surface area contributed by atoms with Crippen LogP contribution in [0, 0.1) is 0 Å². The second-order valence-electron chi connectivity index (χ2n) is 7.64. The number of allylic oxidation sites excluding steroid dienone is 2. The lowest BCUT2D eigenvalue weighted by Gasteiger charge is -2.40. The van der Waals surface area contributed by atoms with Crippen LogP contribution in [0.2, 0.25) is 5.02 Å². The van der Waals surface area contributed by atoms with E-state index < -0.39 is 37.1 Å². The van der Waals surface area contributed by atoms with E-state index in [9.17, 15) is 20.4 Å². The molecule has 4 rings (SSSR count). The van der Waals surface area contributed by atoms with Gasteiger partial charge in [0.05, 0.1) is 18.2 Å². The first kappa shape index (κ1) is 21.6. The molecule has 0 aromatic heterocycles. The lowest BCUT2D eigenvalue weighted by molar-refractivity contribution is -0.231. The monoisotopic (exact) mass is 455 g/mol. The molecule has 0 unspecified atom stereocenters. The summed E-state index contributed by atoms with van der Waals surface area (Å²) in [4.78, 5) is 1.94. The predicted molar refractivity (Wildman–Crippen MR) is 112 cm³/mol. The fraction of sp³-hybridized carbons (Fsp3) is 0.450. The van der Waals surface area contributed by atoms with Crippen molar-refractivity contribution in [2.24, 2.45) is 5.10 Å². The van der Waals surface area contributed by atoms with Gasteiger partial charge in [0.1, 0.15) is 37.2 Å². The quantitative estimate of drug-likeness (QED) is 0.541. The smallest absolute Gasteiger partial charge is 0.154 e. The maximum absolute atomic E-state index is 10.4. The molecule has 3 heterocycles. The van der Waals surface area contributed by atoms with E-state index in [4.69, 9.17) is 27.9 Å². The predicted octanol–water partition coefficient (Wildman–Crippen LogP) is 1.28. The van der Waals surface area contributed by atoms with Crippen LogP contribution in [0.4, 0.5) is 0 Å². The second-order valence-corrected chi connectivity index (χ2v) is 8.45. The fourth-order valence-corrected chi connectivity index (χ4v) is 4.10. The molecule has 8 nitrogen and oxygen atoms in total. The van der Waals surface area contributed by atoms with Crippen LogP contribution in [0.5, 0.6) is 0 Å². The molecular formula is C20H23Cl2N3O5. The van der Waals surface area contributed by atoms with E-state index in [2.05, 4.69) is 5.10 Å². The van der Waals surface area contributed by atoms with Gasteiger partial charge in [-0.15, -0.1) is 0 Å². The highest BCUT2D eigenvalue weighted by molar-refractivity contribution is 6.32. The van der Waals surface area contributed by atoms with Crippen LogP contribution < -0.4 is 0 Å². The van der Waals surface area contributed by atoms with Crippen molar-refractivity contribution in [1.82, 2.24) is 9.91 Å². The van der Waals surface area contributed by atoms with Gasteiger partial charge >= 0.3 is 0 Å². The van der Waals surface area contributed by atoms with Gasteiger partial charge in [0.15, 0.2) is 5.84 Å². The summed E-state index contributed by atoms with van der Waals surface area (Å²) in [6.07, 6.45) is -2.33. The summed E-state index contributed by atoms with van der Waals surface area (Å²) < 4.78 is 5.65. The van der Waals surface area contributed by atoms with E-state index in [1.807, 2.05) is 29.1 Å². The molecule has 0 saturated carbocycles. The number of amidine groups is 1. The van der Waals surface area contributed by atoms with E-state index in [-0.39, 0.29) is 0 Å². The minimum absolute atomic E-state index is 0.405. The fourth-order valence-electron chi connectivity index (χ4n) is 3.75. The van der Waals surface area contributed by atoms with Crippen molar-refractivity contribution in [3.63, 3.8) is 0 Å². The number of nitrogens with zero attached hydrogens (tertiary/aromatic N) is 3. The number of halogens is 2. The Balaban J connectivity index is 1.55. The standard InChI is InChI=1S/C20H23Cl2N3O5/c1-10-4-16-23-25(9-24(16)7-14(10)22)6-12-5-11(2-3-13(12)21)20-19(29)18(28)17(27)15(8-26)30-20/h2-5,7,15,17-20,26-29H,6,8-9H2,1H3/t15-,17-,18+,19-,20+/m1/s1. The number of hydrogen-bond acceptors (Lipinski definition) is 8. The molecule has 3 aliphatic heterocycles. The zero-order valence-corrected chi connectivity index (χ0v) is 17.7. The molecule has 4 N–H and O–H groups in total. The first-order valence-corrected chi connectivity index (χ1v) is 10.3. The molecule has 0 amide bonds. The van der Waals surface area contributed by atoms with Crippen molar-refractivity contribution in [3.8, 4) is 0 Å². The van der Waals surface area contributed by atoms with Gasteiger partial charge in [-0.25, -0.2) is 0 Å². The van der Waals surface area contributed by atoms with Gasteiger partial charge in [-0.2, -0.15) is 5.10 Å². The minimum atomic E-state index is -1.44. The molecular weight excluding hydrogens is 433 g/mol. The van der Waals surface area contributed by atoms with Gasteiger partial charge in [0.2, 0.25) is 0 Å². The normalized spacial score (nSPS) is 31.3. The lowest BCUT2D eigenvalue weighted by Crippen LogP contribution is -2.55. The summed E-state index contributed by atoms with van der Waals surface area (Å²) in [6, 6.07) is 5.15. The zero-order chi connectivity index (χ0) is 21.6. The van der Waals surface area contributed by atoms with Crippen molar-refractivity contribution >= 4 is 29.0 Å². The van der Waals surface area contributed by atoms with Gasteiger partial charge in [0, 0.05) is 11.2 Å². The average molecular weight is 456 g/mol. The Morgan fingerprint density at radius 3 is 2.67 bits per heavy atom. The molecule has 1 aromatic carbocycles. The van der Waals surface area contributed by atoms with Crippen molar-refractivity contribution in [3.05, 3.63) is 57.2 Å². The molecule has 162 valence electrons. The van der Waals surface area contributed by atoms with Crippen LogP contribution in [0.15, 0.2) is 46.2 Å². The molecule has 3 aliphatic rings. The van der Waals surface area contributed by atoms with Crippen molar-refractivity contribution in [2.75, 3.05) is 13.3 Å². The molecule has 0 spiro atoms. The van der Waals surface area contributed by atoms with E-state index >= 15 is 0 Å². The Morgan fingerprint density at radius 1 is 1.17 bits per heavy atom. The highest BCUT2D eigenvalue weighted by atomic mass is 35.5. The van der Waals surface area contributed by atoms with Crippen LogP contribution in [-0.4, -0.2) is 73.9 Å². The van der Waals surface area contributed by atoms with Crippen LogP contribution in [0.1, 0.15) is 24.2 Å². The summed E-state index contributed by atoms with van der Waals surface area (Å²) in [5.41, 5.74) is 2.27. The first-order chi connectivity index (χ1) is 14.3. The molecule has 30 heavy (non-hydrogen) atoms. The van der Waals surface area contributed by atoms with Gasteiger partial charge in [0.25, 0.3) is 0 Å². The number of hydrogen-bond donors (Lipinski definition) is 4. The number of aliphatic hydroxyl groups excluding tert-OH is 4. The maximum atomic E-state index is 10.4. The number of aliphatic hydroxyl groups is 4. The van der Waals surface area contributed by atoms with Crippen molar-refractivity contribution < 1.29 is 25.2 Å². The van der Waals surface area contributed by atoms with Crippen molar-refractivity contribution in [2.45, 2.75) is 44.0 Å². The number of hydrazone groups is 1. The van der Waals surface area contributed by atoms with E-state index in [1.54, 1.807) is 18.2 Å². The van der Waals surface area contributed by atoms with E-state index in [0.717, 1.165) is 17.0 Å². The molecule has 1 fully saturated rings. The first-order valence-electron chi connectivity index (χ1n) is 9.53. The molecule has 0 aliphatic carbocycles. The summed E-state index contributed by atoms with van der Waals surface area (Å²) in [5.74, 6) is 0.790. The van der Waals surface area contributed by atoms with Crippen molar-refractivity contribution in [1.29, 1.82) is 0 Å². The van der Waals surface area contributed by atoms with Crippen LogP contribution in [-0.2, 0) is 11.3 Å². The molecule has 0 radical (unpaired) electrons. The number of rotatable bonds is 4. The van der Waals surface area contributed by atoms with E-state index in [0.29, 0.717) is 28.8 Å². The third-order valence-electron chi connectivity index (χ3n) is 5.49.